The van der Waals surface area contributed by atoms with Gasteiger partial charge in [0.1, 0.15) is 5.82 Å². The molecule has 2 aromatic rings. The molecule has 112 valence electrons. The summed E-state index contributed by atoms with van der Waals surface area (Å²) in [4.78, 5) is 0. The topological polar surface area (TPSA) is 41.5 Å². The first-order valence-corrected chi connectivity index (χ1v) is 6.89. The fraction of sp³-hybridized carbons (Fsp3) is 0.294. The van der Waals surface area contributed by atoms with Gasteiger partial charge in [-0.1, -0.05) is 18.2 Å². The predicted molar refractivity (Wildman–Crippen MR) is 81.0 cm³/mol. The van der Waals surface area contributed by atoms with E-state index in [-0.39, 0.29) is 23.7 Å². The van der Waals surface area contributed by atoms with Crippen LogP contribution in [-0.2, 0) is 0 Å². The Morgan fingerprint density at radius 2 is 1.57 bits per heavy atom. The monoisotopic (exact) mass is 289 g/mol. The van der Waals surface area contributed by atoms with Gasteiger partial charge in [0.25, 0.3) is 0 Å². The van der Waals surface area contributed by atoms with E-state index in [9.17, 15) is 9.50 Å². The summed E-state index contributed by atoms with van der Waals surface area (Å²) in [5, 5.41) is 13.1. The van der Waals surface area contributed by atoms with Crippen LogP contribution in [0.1, 0.15) is 37.1 Å². The molecule has 3 nitrogen and oxygen atoms in total. The molecule has 0 aliphatic heterocycles. The maximum atomic E-state index is 12.9. The zero-order valence-corrected chi connectivity index (χ0v) is 12.4. The molecule has 0 heterocycles. The number of hydrogen-bond acceptors (Lipinski definition) is 3. The van der Waals surface area contributed by atoms with Crippen LogP contribution in [0.3, 0.4) is 0 Å². The summed E-state index contributed by atoms with van der Waals surface area (Å²) in [5.41, 5.74) is 2.03. The molecule has 0 bridgehead atoms. The molecule has 4 heteroatoms. The Morgan fingerprint density at radius 1 is 1.00 bits per heavy atom. The maximum Gasteiger partial charge on any atom is 0.160 e. The molecule has 2 atom stereocenters. The van der Waals surface area contributed by atoms with E-state index in [1.165, 1.54) is 19.2 Å². The van der Waals surface area contributed by atoms with Crippen LogP contribution in [0.4, 0.5) is 4.39 Å². The van der Waals surface area contributed by atoms with E-state index in [1.54, 1.807) is 18.2 Å². The van der Waals surface area contributed by atoms with E-state index in [4.69, 9.17) is 4.74 Å². The van der Waals surface area contributed by atoms with E-state index < -0.39 is 0 Å². The Bertz CT molecular complexity index is 598. The van der Waals surface area contributed by atoms with Crippen LogP contribution in [0, 0.1) is 5.82 Å². The Hall–Kier alpha value is -2.07. The Kier molecular flexibility index (Phi) is 4.81. The molecule has 0 aliphatic rings. The van der Waals surface area contributed by atoms with Crippen LogP contribution in [-0.4, -0.2) is 12.2 Å². The summed E-state index contributed by atoms with van der Waals surface area (Å²) in [5.74, 6) is 0.345. The van der Waals surface area contributed by atoms with Gasteiger partial charge in [-0.2, -0.15) is 0 Å². The number of ether oxygens (including phenoxy) is 1. The SMILES string of the molecule is COc1cc(C(C)NC(C)c2ccc(F)cc2)ccc1O. The van der Waals surface area contributed by atoms with Gasteiger partial charge in [-0.05, 0) is 49.2 Å². The molecule has 0 aliphatic carbocycles. The van der Waals surface area contributed by atoms with Crippen molar-refractivity contribution in [3.8, 4) is 11.5 Å². The lowest BCUT2D eigenvalue weighted by atomic mass is 10.0. The number of nitrogens with one attached hydrogen (secondary N) is 1. The molecule has 0 radical (unpaired) electrons. The van der Waals surface area contributed by atoms with Gasteiger partial charge in [0.15, 0.2) is 11.5 Å². The van der Waals surface area contributed by atoms with Crippen LogP contribution < -0.4 is 10.1 Å². The molecule has 0 spiro atoms. The van der Waals surface area contributed by atoms with Gasteiger partial charge in [-0.25, -0.2) is 4.39 Å². The first kappa shape index (κ1) is 15.3. The average molecular weight is 289 g/mol. The Labute approximate surface area is 124 Å². The number of methoxy groups -OCH3 is 1. The number of hydrogen-bond donors (Lipinski definition) is 2. The first-order chi connectivity index (χ1) is 10.0. The number of benzene rings is 2. The van der Waals surface area contributed by atoms with Crippen molar-refractivity contribution in [2.24, 2.45) is 0 Å². The van der Waals surface area contributed by atoms with Crippen molar-refractivity contribution in [1.29, 1.82) is 0 Å². The number of rotatable bonds is 5. The van der Waals surface area contributed by atoms with Crippen LogP contribution in [0.2, 0.25) is 0 Å². The maximum absolute atomic E-state index is 12.9. The highest BCUT2D eigenvalue weighted by Crippen LogP contribution is 2.29. The van der Waals surface area contributed by atoms with Gasteiger partial charge in [-0.3, -0.25) is 0 Å². The third kappa shape index (κ3) is 3.73. The molecule has 2 unspecified atom stereocenters. The minimum atomic E-state index is -0.234. The van der Waals surface area contributed by atoms with E-state index in [1.807, 2.05) is 26.0 Å². The lowest BCUT2D eigenvalue weighted by Gasteiger charge is -2.21. The van der Waals surface area contributed by atoms with Crippen molar-refractivity contribution in [3.05, 3.63) is 59.4 Å². The molecule has 2 N–H and O–H groups in total. The zero-order chi connectivity index (χ0) is 15.4. The van der Waals surface area contributed by atoms with E-state index in [2.05, 4.69) is 5.32 Å². The smallest absolute Gasteiger partial charge is 0.160 e. The second-order valence-corrected chi connectivity index (χ2v) is 5.09. The fourth-order valence-corrected chi connectivity index (χ4v) is 2.28. The molecule has 2 rings (SSSR count). The quantitative estimate of drug-likeness (QED) is 0.875. The van der Waals surface area contributed by atoms with Gasteiger partial charge in [0.05, 0.1) is 7.11 Å². The molecule has 2 aromatic carbocycles. The highest BCUT2D eigenvalue weighted by Gasteiger charge is 2.13. The zero-order valence-electron chi connectivity index (χ0n) is 12.4. The fourth-order valence-electron chi connectivity index (χ4n) is 2.28. The molecule has 21 heavy (non-hydrogen) atoms. The van der Waals surface area contributed by atoms with Gasteiger partial charge >= 0.3 is 0 Å². The van der Waals surface area contributed by atoms with Crippen molar-refractivity contribution in [3.63, 3.8) is 0 Å². The second-order valence-electron chi connectivity index (χ2n) is 5.09. The molecule has 0 saturated carbocycles. The van der Waals surface area contributed by atoms with E-state index in [0.717, 1.165) is 11.1 Å². The molecule has 0 aromatic heterocycles. The number of halogens is 1. The predicted octanol–water partition coefficient (Wildman–Crippen LogP) is 3.95. The van der Waals surface area contributed by atoms with Crippen LogP contribution in [0.25, 0.3) is 0 Å². The largest absolute Gasteiger partial charge is 0.504 e. The lowest BCUT2D eigenvalue weighted by molar-refractivity contribution is 0.371. The average Bonchev–Trinajstić information content (AvgIpc) is 2.48. The van der Waals surface area contributed by atoms with Crippen LogP contribution >= 0.6 is 0 Å². The standard InChI is InChI=1S/C17H20FNO2/c1-11(13-4-7-15(18)8-5-13)19-12(2)14-6-9-16(20)17(10-14)21-3/h4-12,19-20H,1-3H3. The summed E-state index contributed by atoms with van der Waals surface area (Å²) in [6.07, 6.45) is 0. The highest BCUT2D eigenvalue weighted by molar-refractivity contribution is 5.42. The first-order valence-electron chi connectivity index (χ1n) is 6.89. The van der Waals surface area contributed by atoms with Gasteiger partial charge in [-0.15, -0.1) is 0 Å². The summed E-state index contributed by atoms with van der Waals surface area (Å²) in [6, 6.07) is 11.9. The Balaban J connectivity index is 2.10. The van der Waals surface area contributed by atoms with Gasteiger partial charge < -0.3 is 15.2 Å². The van der Waals surface area contributed by atoms with E-state index in [0.29, 0.717) is 5.75 Å². The summed E-state index contributed by atoms with van der Waals surface area (Å²) < 4.78 is 18.1. The minimum Gasteiger partial charge on any atom is -0.504 e. The van der Waals surface area contributed by atoms with Gasteiger partial charge in [0.2, 0.25) is 0 Å². The number of aromatic hydroxyl groups is 1. The number of phenolic OH excluding ortho intramolecular Hbond substituents is 1. The second kappa shape index (κ2) is 6.59. The van der Waals surface area contributed by atoms with Crippen molar-refractivity contribution in [1.82, 2.24) is 5.32 Å². The third-order valence-corrected chi connectivity index (χ3v) is 3.57. The lowest BCUT2D eigenvalue weighted by Crippen LogP contribution is -2.22. The summed E-state index contributed by atoms with van der Waals surface area (Å²) in [7, 11) is 1.53. The molecular weight excluding hydrogens is 269 g/mol. The van der Waals surface area contributed by atoms with Gasteiger partial charge in [0, 0.05) is 12.1 Å². The van der Waals surface area contributed by atoms with Crippen LogP contribution in [0.15, 0.2) is 42.5 Å². The van der Waals surface area contributed by atoms with Crippen molar-refractivity contribution >= 4 is 0 Å². The minimum absolute atomic E-state index is 0.0690. The van der Waals surface area contributed by atoms with Crippen LogP contribution in [0.5, 0.6) is 11.5 Å². The molecule has 0 amide bonds. The van der Waals surface area contributed by atoms with Crippen molar-refractivity contribution in [2.45, 2.75) is 25.9 Å². The third-order valence-electron chi connectivity index (χ3n) is 3.57. The summed E-state index contributed by atoms with van der Waals surface area (Å²) in [6.45, 7) is 4.06. The summed E-state index contributed by atoms with van der Waals surface area (Å²) >= 11 is 0. The van der Waals surface area contributed by atoms with E-state index >= 15 is 0 Å². The normalized spacial score (nSPS) is 13.7. The van der Waals surface area contributed by atoms with Crippen molar-refractivity contribution in [2.75, 3.05) is 7.11 Å². The highest BCUT2D eigenvalue weighted by atomic mass is 19.1. The van der Waals surface area contributed by atoms with Crippen molar-refractivity contribution < 1.29 is 14.2 Å². The Morgan fingerprint density at radius 3 is 2.19 bits per heavy atom. The molecule has 0 saturated heterocycles. The molecule has 0 fully saturated rings. The molecular formula is C17H20FNO2. The number of phenols is 1.